The summed E-state index contributed by atoms with van der Waals surface area (Å²) in [7, 11) is 0. The molecule has 1 fully saturated rings. The van der Waals surface area contributed by atoms with Crippen molar-refractivity contribution in [2.75, 3.05) is 18.1 Å². The van der Waals surface area contributed by atoms with Crippen LogP contribution < -0.4 is 10.2 Å². The number of piperidine rings is 1. The van der Waals surface area contributed by atoms with E-state index in [1.807, 2.05) is 6.07 Å². The highest BCUT2D eigenvalue weighted by Gasteiger charge is 2.26. The summed E-state index contributed by atoms with van der Waals surface area (Å²) < 4.78 is 14.3. The van der Waals surface area contributed by atoms with Crippen LogP contribution in [0.15, 0.2) is 18.2 Å². The van der Waals surface area contributed by atoms with Crippen molar-refractivity contribution < 1.29 is 9.50 Å². The smallest absolute Gasteiger partial charge is 0.146 e. The SMILES string of the molecule is CC(C)NCc1cccc(F)c1N1CCCCC1CO. The van der Waals surface area contributed by atoms with Gasteiger partial charge in [-0.15, -0.1) is 0 Å². The van der Waals surface area contributed by atoms with E-state index in [2.05, 4.69) is 24.1 Å². The molecule has 1 atom stereocenters. The Morgan fingerprint density at radius 2 is 2.20 bits per heavy atom. The van der Waals surface area contributed by atoms with Gasteiger partial charge in [0, 0.05) is 19.1 Å². The average Bonchev–Trinajstić information content (AvgIpc) is 2.45. The van der Waals surface area contributed by atoms with Crippen LogP contribution in [-0.2, 0) is 6.54 Å². The lowest BCUT2D eigenvalue weighted by atomic mass is 10.00. The van der Waals surface area contributed by atoms with Crippen LogP contribution in [0.4, 0.5) is 10.1 Å². The van der Waals surface area contributed by atoms with E-state index in [1.54, 1.807) is 6.07 Å². The lowest BCUT2D eigenvalue weighted by Gasteiger charge is -2.38. The predicted molar refractivity (Wildman–Crippen MR) is 80.4 cm³/mol. The highest BCUT2D eigenvalue weighted by molar-refractivity contribution is 5.56. The second kappa shape index (κ2) is 7.04. The van der Waals surface area contributed by atoms with Crippen LogP contribution in [0.5, 0.6) is 0 Å². The maximum Gasteiger partial charge on any atom is 0.146 e. The number of rotatable bonds is 5. The summed E-state index contributed by atoms with van der Waals surface area (Å²) in [6.45, 7) is 5.72. The first kappa shape index (κ1) is 15.3. The van der Waals surface area contributed by atoms with E-state index in [1.165, 1.54) is 6.07 Å². The van der Waals surface area contributed by atoms with Gasteiger partial charge in [0.15, 0.2) is 0 Å². The molecule has 20 heavy (non-hydrogen) atoms. The lowest BCUT2D eigenvalue weighted by Crippen LogP contribution is -2.43. The van der Waals surface area contributed by atoms with Crippen molar-refractivity contribution in [2.24, 2.45) is 0 Å². The number of halogens is 1. The largest absolute Gasteiger partial charge is 0.394 e. The second-order valence-corrected chi connectivity index (χ2v) is 5.81. The zero-order chi connectivity index (χ0) is 14.5. The first-order valence-corrected chi connectivity index (χ1v) is 7.51. The summed E-state index contributed by atoms with van der Waals surface area (Å²) in [5.74, 6) is -0.187. The topological polar surface area (TPSA) is 35.5 Å². The van der Waals surface area contributed by atoms with Gasteiger partial charge in [0.1, 0.15) is 5.82 Å². The molecular weight excluding hydrogens is 255 g/mol. The molecule has 0 aromatic heterocycles. The molecule has 4 heteroatoms. The highest BCUT2D eigenvalue weighted by atomic mass is 19.1. The van der Waals surface area contributed by atoms with Crippen LogP contribution in [0.25, 0.3) is 0 Å². The Labute approximate surface area is 120 Å². The molecule has 1 aromatic carbocycles. The number of aliphatic hydroxyl groups excluding tert-OH is 1. The van der Waals surface area contributed by atoms with E-state index >= 15 is 0 Å². The van der Waals surface area contributed by atoms with Gasteiger partial charge in [-0.05, 0) is 30.9 Å². The van der Waals surface area contributed by atoms with Gasteiger partial charge in [0.2, 0.25) is 0 Å². The normalized spacial score (nSPS) is 19.6. The monoisotopic (exact) mass is 280 g/mol. The van der Waals surface area contributed by atoms with Crippen LogP contribution in [-0.4, -0.2) is 30.3 Å². The standard InChI is InChI=1S/C16H25FN2O/c1-12(2)18-10-13-6-5-8-15(17)16(13)19-9-4-3-7-14(19)11-20/h5-6,8,12,14,18,20H,3-4,7,9-11H2,1-2H3. The van der Waals surface area contributed by atoms with Gasteiger partial charge in [0.05, 0.1) is 18.3 Å². The van der Waals surface area contributed by atoms with Crippen molar-refractivity contribution in [3.63, 3.8) is 0 Å². The molecule has 1 aliphatic rings. The molecule has 112 valence electrons. The van der Waals surface area contributed by atoms with Gasteiger partial charge in [-0.3, -0.25) is 0 Å². The van der Waals surface area contributed by atoms with Crippen LogP contribution in [0, 0.1) is 5.82 Å². The number of nitrogens with zero attached hydrogens (tertiary/aromatic N) is 1. The molecule has 0 radical (unpaired) electrons. The second-order valence-electron chi connectivity index (χ2n) is 5.81. The minimum absolute atomic E-state index is 0.0402. The quantitative estimate of drug-likeness (QED) is 0.870. The first-order valence-electron chi connectivity index (χ1n) is 7.51. The van der Waals surface area contributed by atoms with Crippen LogP contribution in [0.3, 0.4) is 0 Å². The maximum atomic E-state index is 14.3. The van der Waals surface area contributed by atoms with Gasteiger partial charge < -0.3 is 15.3 Å². The molecule has 0 aliphatic carbocycles. The third-order valence-electron chi connectivity index (χ3n) is 3.90. The van der Waals surface area contributed by atoms with E-state index in [-0.39, 0.29) is 18.5 Å². The third-order valence-corrected chi connectivity index (χ3v) is 3.90. The zero-order valence-corrected chi connectivity index (χ0v) is 12.4. The summed E-state index contributed by atoms with van der Waals surface area (Å²) in [5.41, 5.74) is 1.64. The number of aliphatic hydroxyl groups is 1. The molecule has 3 nitrogen and oxygen atoms in total. The highest BCUT2D eigenvalue weighted by Crippen LogP contribution is 2.30. The van der Waals surface area contributed by atoms with Crippen molar-refractivity contribution in [1.82, 2.24) is 5.32 Å². The van der Waals surface area contributed by atoms with Crippen molar-refractivity contribution in [3.8, 4) is 0 Å². The predicted octanol–water partition coefficient (Wildman–Crippen LogP) is 2.67. The average molecular weight is 280 g/mol. The summed E-state index contributed by atoms with van der Waals surface area (Å²) in [4.78, 5) is 2.05. The molecule has 1 saturated heterocycles. The van der Waals surface area contributed by atoms with Crippen LogP contribution in [0.2, 0.25) is 0 Å². The van der Waals surface area contributed by atoms with Crippen LogP contribution in [0.1, 0.15) is 38.7 Å². The van der Waals surface area contributed by atoms with Crippen molar-refractivity contribution in [2.45, 2.75) is 51.7 Å². The number of para-hydroxylation sites is 1. The Morgan fingerprint density at radius 3 is 2.90 bits per heavy atom. The third kappa shape index (κ3) is 3.49. The Hall–Kier alpha value is -1.13. The van der Waals surface area contributed by atoms with Gasteiger partial charge in [-0.2, -0.15) is 0 Å². The minimum Gasteiger partial charge on any atom is -0.394 e. The van der Waals surface area contributed by atoms with Gasteiger partial charge in [0.25, 0.3) is 0 Å². The fraction of sp³-hybridized carbons (Fsp3) is 0.625. The van der Waals surface area contributed by atoms with E-state index in [0.29, 0.717) is 18.3 Å². The fourth-order valence-electron chi connectivity index (χ4n) is 2.82. The molecule has 2 N–H and O–H groups in total. The minimum atomic E-state index is -0.187. The van der Waals surface area contributed by atoms with Crippen molar-refractivity contribution in [3.05, 3.63) is 29.6 Å². The Balaban J connectivity index is 2.28. The summed E-state index contributed by atoms with van der Waals surface area (Å²) in [6, 6.07) is 5.64. The molecular formula is C16H25FN2O. The summed E-state index contributed by atoms with van der Waals surface area (Å²) in [6.07, 6.45) is 3.10. The van der Waals surface area contributed by atoms with E-state index < -0.39 is 0 Å². The summed E-state index contributed by atoms with van der Waals surface area (Å²) >= 11 is 0. The van der Waals surface area contributed by atoms with E-state index in [9.17, 15) is 9.50 Å². The molecule has 1 heterocycles. The Bertz CT molecular complexity index is 436. The maximum absolute atomic E-state index is 14.3. The van der Waals surface area contributed by atoms with Crippen molar-refractivity contribution in [1.29, 1.82) is 0 Å². The Morgan fingerprint density at radius 1 is 1.40 bits per heavy atom. The number of anilines is 1. The molecule has 1 aliphatic heterocycles. The molecule has 2 rings (SSSR count). The molecule has 1 aromatic rings. The molecule has 0 saturated carbocycles. The first-order chi connectivity index (χ1) is 9.63. The number of benzene rings is 1. The van der Waals surface area contributed by atoms with Gasteiger partial charge >= 0.3 is 0 Å². The zero-order valence-electron chi connectivity index (χ0n) is 12.4. The number of hydrogen-bond donors (Lipinski definition) is 2. The van der Waals surface area contributed by atoms with Gasteiger partial charge in [-0.25, -0.2) is 4.39 Å². The van der Waals surface area contributed by atoms with Gasteiger partial charge in [-0.1, -0.05) is 26.0 Å². The Kier molecular flexibility index (Phi) is 5.38. The fourth-order valence-corrected chi connectivity index (χ4v) is 2.82. The van der Waals surface area contributed by atoms with E-state index in [0.717, 1.165) is 31.4 Å². The van der Waals surface area contributed by atoms with Crippen molar-refractivity contribution >= 4 is 5.69 Å². The molecule has 1 unspecified atom stereocenters. The summed E-state index contributed by atoms with van der Waals surface area (Å²) in [5, 5.41) is 12.9. The van der Waals surface area contributed by atoms with E-state index in [4.69, 9.17) is 0 Å². The van der Waals surface area contributed by atoms with Crippen LogP contribution >= 0.6 is 0 Å². The number of hydrogen-bond acceptors (Lipinski definition) is 3. The molecule has 0 amide bonds. The molecule has 0 spiro atoms. The number of nitrogens with one attached hydrogen (secondary N) is 1. The lowest BCUT2D eigenvalue weighted by molar-refractivity contribution is 0.239. The molecule has 0 bridgehead atoms.